The highest BCUT2D eigenvalue weighted by atomic mass is 16.5. The van der Waals surface area contributed by atoms with Gasteiger partial charge in [0.15, 0.2) is 0 Å². The summed E-state index contributed by atoms with van der Waals surface area (Å²) in [5, 5.41) is 1.60. The van der Waals surface area contributed by atoms with Crippen LogP contribution in [-0.2, 0) is 0 Å². The minimum atomic E-state index is -0.406. The second-order valence-electron chi connectivity index (χ2n) is 10.2. The topological polar surface area (TPSA) is 12.5 Å². The number of anilines is 3. The van der Waals surface area contributed by atoms with Gasteiger partial charge in [0.05, 0.1) is 6.85 Å². The fourth-order valence-corrected chi connectivity index (χ4v) is 5.82. The van der Waals surface area contributed by atoms with E-state index in [-0.39, 0.29) is 29.7 Å². The first-order chi connectivity index (χ1) is 22.9. The second-order valence-corrected chi connectivity index (χ2v) is 10.2. The van der Waals surface area contributed by atoms with Crippen LogP contribution in [0.5, 0.6) is 11.5 Å². The number of hydrogen-bond acceptors (Lipinski definition) is 2. The van der Waals surface area contributed by atoms with Crippen molar-refractivity contribution in [3.8, 4) is 44.9 Å². The molecule has 7 aromatic rings. The van der Waals surface area contributed by atoms with Crippen LogP contribution in [0, 0.1) is 0 Å². The van der Waals surface area contributed by atoms with E-state index >= 15 is 0 Å². The lowest BCUT2D eigenvalue weighted by atomic mass is 9.90. The number of rotatable bonds is 5. The number of nitrogens with zero attached hydrogens (tertiary/aromatic N) is 1. The molecule has 2 nitrogen and oxygen atoms in total. The summed E-state index contributed by atoms with van der Waals surface area (Å²) in [6.07, 6.45) is 0. The van der Waals surface area contributed by atoms with E-state index in [4.69, 9.17) is 11.6 Å². The average Bonchev–Trinajstić information content (AvgIpc) is 3.12. The van der Waals surface area contributed by atoms with E-state index < -0.39 is 6.04 Å². The molecule has 0 amide bonds. The molecule has 0 bridgehead atoms. The molecule has 0 N–H and O–H groups in total. The van der Waals surface area contributed by atoms with Crippen LogP contribution in [0.3, 0.4) is 0 Å². The monoisotopic (exact) mass is 542 g/mol. The number of benzene rings is 7. The predicted octanol–water partition coefficient (Wildman–Crippen LogP) is 11.4. The third-order valence-electron chi connectivity index (χ3n) is 7.75. The Balaban J connectivity index is 1.25. The van der Waals surface area contributed by atoms with Gasteiger partial charge in [-0.05, 0) is 75.7 Å². The highest BCUT2D eigenvalue weighted by Gasteiger charge is 2.23. The molecule has 1 aliphatic heterocycles. The van der Waals surface area contributed by atoms with Gasteiger partial charge in [-0.25, -0.2) is 0 Å². The van der Waals surface area contributed by atoms with Gasteiger partial charge in [0.25, 0.3) is 0 Å². The summed E-state index contributed by atoms with van der Waals surface area (Å²) in [5.41, 5.74) is 7.89. The summed E-state index contributed by atoms with van der Waals surface area (Å²) in [7, 11) is 0. The van der Waals surface area contributed by atoms with E-state index in [9.17, 15) is 0 Å². The summed E-state index contributed by atoms with van der Waals surface area (Å²) in [6.45, 7) is 0. The zero-order valence-electron chi connectivity index (χ0n) is 27.6. The highest BCUT2D eigenvalue weighted by molar-refractivity contribution is 6.10. The average molecular weight is 543 g/mol. The summed E-state index contributed by atoms with van der Waals surface area (Å²) in [5.74, 6) is 1.36. The van der Waals surface area contributed by atoms with Gasteiger partial charge in [0, 0.05) is 34.1 Å². The van der Waals surface area contributed by atoms with Crippen LogP contribution in [-0.4, -0.2) is 0 Å². The molecule has 1 aliphatic rings. The molecular formula is C40H27NO. The first kappa shape index (κ1) is 19.5. The van der Waals surface area contributed by atoms with Gasteiger partial charge in [0.1, 0.15) is 11.5 Å². The fraction of sp³-hybridized carbons (Fsp3) is 0. The third-order valence-corrected chi connectivity index (χ3v) is 7.75. The van der Waals surface area contributed by atoms with E-state index in [1.165, 1.54) is 0 Å². The summed E-state index contributed by atoms with van der Waals surface area (Å²) in [6, 6.07) is 43.2. The standard InChI is InChI=1S/C40H27NO/c1-4-11-28(12-5-1)29-19-21-32(22-20-29)41(31-15-8-3-9-16-31)33-23-24-35-37-18-10-17-36-34(30-13-6-2-7-14-30)25-26-38(40(36)37)42-39(35)27-33/h1-27H/i2D,6D,7D,13D,14D. The molecule has 1 heterocycles. The van der Waals surface area contributed by atoms with Gasteiger partial charge in [0.2, 0.25) is 0 Å². The van der Waals surface area contributed by atoms with E-state index in [1.54, 1.807) is 6.07 Å². The molecule has 198 valence electrons. The van der Waals surface area contributed by atoms with Crippen molar-refractivity contribution in [3.05, 3.63) is 164 Å². The van der Waals surface area contributed by atoms with Crippen molar-refractivity contribution < 1.29 is 11.6 Å². The lowest BCUT2D eigenvalue weighted by molar-refractivity contribution is 0.487. The Morgan fingerprint density at radius 3 is 1.90 bits per heavy atom. The summed E-state index contributed by atoms with van der Waals surface area (Å²) in [4.78, 5) is 2.20. The van der Waals surface area contributed by atoms with Crippen LogP contribution < -0.4 is 9.64 Å². The Bertz CT molecular complexity index is 2290. The summed E-state index contributed by atoms with van der Waals surface area (Å²) >= 11 is 0. The first-order valence-electron chi connectivity index (χ1n) is 16.4. The van der Waals surface area contributed by atoms with E-state index in [2.05, 4.69) is 71.6 Å². The molecule has 0 spiro atoms. The highest BCUT2D eigenvalue weighted by Crippen LogP contribution is 2.50. The van der Waals surface area contributed by atoms with Crippen LogP contribution in [0.25, 0.3) is 44.2 Å². The molecule has 0 saturated carbocycles. The Kier molecular flexibility index (Phi) is 4.68. The maximum Gasteiger partial charge on any atom is 0.137 e. The van der Waals surface area contributed by atoms with Crippen LogP contribution in [0.15, 0.2) is 164 Å². The fourth-order valence-electron chi connectivity index (χ4n) is 5.82. The Morgan fingerprint density at radius 1 is 0.452 bits per heavy atom. The van der Waals surface area contributed by atoms with Gasteiger partial charge < -0.3 is 9.64 Å². The van der Waals surface area contributed by atoms with Gasteiger partial charge in [-0.1, -0.05) is 115 Å². The van der Waals surface area contributed by atoms with Crippen molar-refractivity contribution in [1.82, 2.24) is 0 Å². The zero-order valence-corrected chi connectivity index (χ0v) is 22.6. The van der Waals surface area contributed by atoms with E-state index in [1.807, 2.05) is 60.7 Å². The first-order valence-corrected chi connectivity index (χ1v) is 13.9. The van der Waals surface area contributed by atoms with Crippen LogP contribution in [0.2, 0.25) is 0 Å². The lowest BCUT2D eigenvalue weighted by Gasteiger charge is -2.28. The molecule has 0 fully saturated rings. The van der Waals surface area contributed by atoms with E-state index in [0.29, 0.717) is 17.1 Å². The van der Waals surface area contributed by atoms with Crippen LogP contribution in [0.4, 0.5) is 17.1 Å². The molecular weight excluding hydrogens is 510 g/mol. The number of hydrogen-bond donors (Lipinski definition) is 0. The molecule has 2 heteroatoms. The predicted molar refractivity (Wildman–Crippen MR) is 175 cm³/mol. The molecule has 0 unspecified atom stereocenters. The van der Waals surface area contributed by atoms with E-state index in [0.717, 1.165) is 50.1 Å². The maximum atomic E-state index is 8.58. The maximum absolute atomic E-state index is 8.58. The van der Waals surface area contributed by atoms with Crippen LogP contribution in [0.1, 0.15) is 6.85 Å². The number of ether oxygens (including phenoxy) is 1. The zero-order chi connectivity index (χ0) is 32.2. The lowest BCUT2D eigenvalue weighted by Crippen LogP contribution is -2.10. The molecule has 42 heavy (non-hydrogen) atoms. The molecule has 0 saturated heterocycles. The number of para-hydroxylation sites is 1. The Morgan fingerprint density at radius 2 is 1.12 bits per heavy atom. The number of fused-ring (bicyclic) bond motifs is 2. The SMILES string of the molecule is [2H]c1c([2H])c([2H])c(-c2ccc3c4c(cccc24)-c2ccc(N(c4ccccc4)c4ccc(-c5ccccc5)cc4)cc2O3)c([2H])c1[2H]. The Labute approximate surface area is 252 Å². The van der Waals surface area contributed by atoms with Gasteiger partial charge >= 0.3 is 0 Å². The molecule has 0 aromatic heterocycles. The molecule has 7 aromatic carbocycles. The second kappa shape index (κ2) is 10.1. The van der Waals surface area contributed by atoms with Crippen LogP contribution >= 0.6 is 0 Å². The van der Waals surface area contributed by atoms with Gasteiger partial charge in [-0.3, -0.25) is 0 Å². The van der Waals surface area contributed by atoms with Crippen molar-refractivity contribution in [2.45, 2.75) is 0 Å². The largest absolute Gasteiger partial charge is 0.456 e. The summed E-state index contributed by atoms with van der Waals surface area (Å²) < 4.78 is 48.2. The third kappa shape index (κ3) is 4.13. The minimum Gasteiger partial charge on any atom is -0.456 e. The molecule has 0 radical (unpaired) electrons. The van der Waals surface area contributed by atoms with Crippen molar-refractivity contribution in [3.63, 3.8) is 0 Å². The molecule has 0 aliphatic carbocycles. The minimum absolute atomic E-state index is 0.178. The quantitative estimate of drug-likeness (QED) is 0.214. The smallest absolute Gasteiger partial charge is 0.137 e. The van der Waals surface area contributed by atoms with Gasteiger partial charge in [-0.2, -0.15) is 0 Å². The molecule has 8 rings (SSSR count). The normalized spacial score (nSPS) is 13.2. The van der Waals surface area contributed by atoms with Crippen molar-refractivity contribution in [1.29, 1.82) is 0 Å². The molecule has 0 atom stereocenters. The van der Waals surface area contributed by atoms with Gasteiger partial charge in [-0.15, -0.1) is 0 Å². The van der Waals surface area contributed by atoms with Crippen molar-refractivity contribution >= 4 is 27.8 Å². The van der Waals surface area contributed by atoms with Crippen molar-refractivity contribution in [2.75, 3.05) is 4.90 Å². The van der Waals surface area contributed by atoms with Crippen molar-refractivity contribution in [2.24, 2.45) is 0 Å². The Hall–Kier alpha value is -5.60.